The van der Waals surface area contributed by atoms with Crippen LogP contribution in [-0.2, 0) is 4.74 Å². The summed E-state index contributed by atoms with van der Waals surface area (Å²) in [5.74, 6) is -0.303. The zero-order valence-electron chi connectivity index (χ0n) is 17.0. The van der Waals surface area contributed by atoms with Gasteiger partial charge in [-0.15, -0.1) is 0 Å². The molecule has 1 aliphatic rings. The van der Waals surface area contributed by atoms with Gasteiger partial charge in [0.2, 0.25) is 0 Å². The molecule has 0 aliphatic carbocycles. The van der Waals surface area contributed by atoms with E-state index >= 15 is 0 Å². The van der Waals surface area contributed by atoms with Crippen LogP contribution in [0.2, 0.25) is 0 Å². The first-order valence-electron chi connectivity index (χ1n) is 9.98. The second-order valence-electron chi connectivity index (χ2n) is 6.70. The highest BCUT2D eigenvalue weighted by Crippen LogP contribution is 2.12. The molecular formula is C20H30N4O4. The minimum atomic E-state index is -0.354. The van der Waals surface area contributed by atoms with Gasteiger partial charge < -0.3 is 19.4 Å². The monoisotopic (exact) mass is 390 g/mol. The molecule has 154 valence electrons. The SMILES string of the molecule is CCCN(CCC)C(=O)c1ccnc(C(=O)N2CCN(C(=O)OCC)CC2)c1. The molecule has 1 aromatic rings. The predicted octanol–water partition coefficient (Wildman–Crippen LogP) is 2.26. The maximum absolute atomic E-state index is 12.8. The van der Waals surface area contributed by atoms with Crippen molar-refractivity contribution in [3.8, 4) is 0 Å². The summed E-state index contributed by atoms with van der Waals surface area (Å²) in [6, 6.07) is 3.22. The van der Waals surface area contributed by atoms with Gasteiger partial charge in [-0.1, -0.05) is 13.8 Å². The third-order valence-electron chi connectivity index (χ3n) is 4.59. The van der Waals surface area contributed by atoms with Crippen molar-refractivity contribution in [1.82, 2.24) is 19.7 Å². The van der Waals surface area contributed by atoms with Crippen molar-refractivity contribution in [1.29, 1.82) is 0 Å². The number of carbonyl (C=O) groups excluding carboxylic acids is 3. The highest BCUT2D eigenvalue weighted by molar-refractivity contribution is 5.98. The van der Waals surface area contributed by atoms with Crippen molar-refractivity contribution in [3.05, 3.63) is 29.6 Å². The second kappa shape index (κ2) is 10.6. The molecule has 0 N–H and O–H groups in total. The normalized spacial score (nSPS) is 14.0. The number of pyridine rings is 1. The first kappa shape index (κ1) is 21.7. The Morgan fingerprint density at radius 2 is 1.64 bits per heavy atom. The topological polar surface area (TPSA) is 83.1 Å². The smallest absolute Gasteiger partial charge is 0.409 e. The van der Waals surface area contributed by atoms with E-state index in [-0.39, 0.29) is 23.6 Å². The van der Waals surface area contributed by atoms with E-state index in [4.69, 9.17) is 4.74 Å². The van der Waals surface area contributed by atoms with E-state index < -0.39 is 0 Å². The molecule has 8 heteroatoms. The van der Waals surface area contributed by atoms with Crippen molar-refractivity contribution in [2.24, 2.45) is 0 Å². The van der Waals surface area contributed by atoms with Gasteiger partial charge in [-0.2, -0.15) is 0 Å². The number of rotatable bonds is 7. The average Bonchev–Trinajstić information content (AvgIpc) is 2.73. The largest absolute Gasteiger partial charge is 0.450 e. The van der Waals surface area contributed by atoms with E-state index in [1.165, 1.54) is 6.20 Å². The standard InChI is InChI=1S/C20H30N4O4/c1-4-9-22(10-5-2)18(25)16-7-8-21-17(15-16)19(26)23-11-13-24(14-12-23)20(27)28-6-3/h7-8,15H,4-6,9-14H2,1-3H3. The lowest BCUT2D eigenvalue weighted by atomic mass is 10.1. The lowest BCUT2D eigenvalue weighted by molar-refractivity contribution is 0.0566. The Morgan fingerprint density at radius 3 is 2.21 bits per heavy atom. The number of hydrogen-bond donors (Lipinski definition) is 0. The molecule has 0 bridgehead atoms. The molecule has 2 rings (SSSR count). The van der Waals surface area contributed by atoms with Crippen LogP contribution in [0.3, 0.4) is 0 Å². The average molecular weight is 390 g/mol. The van der Waals surface area contributed by atoms with Crippen LogP contribution in [0.15, 0.2) is 18.3 Å². The van der Waals surface area contributed by atoms with Gasteiger partial charge in [0.1, 0.15) is 5.69 Å². The van der Waals surface area contributed by atoms with Gasteiger partial charge in [-0.05, 0) is 31.9 Å². The molecule has 3 amide bonds. The number of aromatic nitrogens is 1. The second-order valence-corrected chi connectivity index (χ2v) is 6.70. The number of piperazine rings is 1. The third kappa shape index (κ3) is 5.43. The summed E-state index contributed by atoms with van der Waals surface area (Å²) >= 11 is 0. The van der Waals surface area contributed by atoms with Gasteiger partial charge in [0.05, 0.1) is 6.61 Å². The maximum Gasteiger partial charge on any atom is 0.409 e. The van der Waals surface area contributed by atoms with E-state index in [1.807, 2.05) is 18.7 Å². The summed E-state index contributed by atoms with van der Waals surface area (Å²) in [5, 5.41) is 0. The Hall–Kier alpha value is -2.64. The Bertz CT molecular complexity index is 681. The van der Waals surface area contributed by atoms with Crippen molar-refractivity contribution >= 4 is 17.9 Å². The molecule has 0 saturated carbocycles. The van der Waals surface area contributed by atoms with Crippen LogP contribution in [0.1, 0.15) is 54.5 Å². The molecular weight excluding hydrogens is 360 g/mol. The summed E-state index contributed by atoms with van der Waals surface area (Å²) in [6.07, 6.45) is 2.92. The molecule has 1 fully saturated rings. The fraction of sp³-hybridized carbons (Fsp3) is 0.600. The Kier molecular flexibility index (Phi) is 8.22. The van der Waals surface area contributed by atoms with Crippen LogP contribution >= 0.6 is 0 Å². The van der Waals surface area contributed by atoms with Gasteiger partial charge >= 0.3 is 6.09 Å². The zero-order valence-corrected chi connectivity index (χ0v) is 17.0. The van der Waals surface area contributed by atoms with Crippen molar-refractivity contribution in [2.45, 2.75) is 33.6 Å². The van der Waals surface area contributed by atoms with Gasteiger partial charge in [0, 0.05) is 51.0 Å². The third-order valence-corrected chi connectivity index (χ3v) is 4.59. The summed E-state index contributed by atoms with van der Waals surface area (Å²) < 4.78 is 4.99. The van der Waals surface area contributed by atoms with Gasteiger partial charge in [0.25, 0.3) is 11.8 Å². The molecule has 0 spiro atoms. The minimum absolute atomic E-state index is 0.0766. The highest BCUT2D eigenvalue weighted by Gasteiger charge is 2.26. The minimum Gasteiger partial charge on any atom is -0.450 e. The van der Waals surface area contributed by atoms with Crippen LogP contribution in [0.25, 0.3) is 0 Å². The number of carbonyl (C=O) groups is 3. The lowest BCUT2D eigenvalue weighted by Gasteiger charge is -2.33. The molecule has 28 heavy (non-hydrogen) atoms. The van der Waals surface area contributed by atoms with E-state index in [9.17, 15) is 14.4 Å². The molecule has 0 radical (unpaired) electrons. The van der Waals surface area contributed by atoms with Crippen LogP contribution in [-0.4, -0.2) is 83.5 Å². The fourth-order valence-corrected chi connectivity index (χ4v) is 3.19. The predicted molar refractivity (Wildman–Crippen MR) is 105 cm³/mol. The van der Waals surface area contributed by atoms with Crippen LogP contribution < -0.4 is 0 Å². The number of ether oxygens (including phenoxy) is 1. The van der Waals surface area contributed by atoms with E-state index in [0.29, 0.717) is 51.4 Å². The molecule has 1 aliphatic heterocycles. The highest BCUT2D eigenvalue weighted by atomic mass is 16.6. The van der Waals surface area contributed by atoms with Gasteiger partial charge in [0.15, 0.2) is 0 Å². The van der Waals surface area contributed by atoms with Crippen LogP contribution in [0.5, 0.6) is 0 Å². The maximum atomic E-state index is 12.8. The molecule has 8 nitrogen and oxygen atoms in total. The first-order chi connectivity index (χ1) is 13.5. The molecule has 1 saturated heterocycles. The van der Waals surface area contributed by atoms with Crippen molar-refractivity contribution in [3.63, 3.8) is 0 Å². The zero-order chi connectivity index (χ0) is 20.5. The Labute approximate surface area is 166 Å². The quantitative estimate of drug-likeness (QED) is 0.713. The lowest BCUT2D eigenvalue weighted by Crippen LogP contribution is -2.50. The summed E-state index contributed by atoms with van der Waals surface area (Å²) in [5.41, 5.74) is 0.730. The van der Waals surface area contributed by atoms with Crippen molar-refractivity contribution < 1.29 is 19.1 Å². The molecule has 1 aromatic heterocycles. The first-order valence-corrected chi connectivity index (χ1v) is 9.98. The van der Waals surface area contributed by atoms with Crippen molar-refractivity contribution in [2.75, 3.05) is 45.9 Å². The summed E-state index contributed by atoms with van der Waals surface area (Å²) in [6.45, 7) is 9.21. The van der Waals surface area contributed by atoms with E-state index in [1.54, 1.807) is 28.9 Å². The Morgan fingerprint density at radius 1 is 1.04 bits per heavy atom. The number of amides is 3. The molecule has 2 heterocycles. The van der Waals surface area contributed by atoms with E-state index in [0.717, 1.165) is 12.8 Å². The van der Waals surface area contributed by atoms with Gasteiger partial charge in [-0.25, -0.2) is 4.79 Å². The summed E-state index contributed by atoms with van der Waals surface area (Å²) in [7, 11) is 0. The van der Waals surface area contributed by atoms with E-state index in [2.05, 4.69) is 4.98 Å². The Balaban J connectivity index is 2.04. The fourth-order valence-electron chi connectivity index (χ4n) is 3.19. The van der Waals surface area contributed by atoms with Gasteiger partial charge in [-0.3, -0.25) is 14.6 Å². The molecule has 0 atom stereocenters. The number of nitrogens with zero attached hydrogens (tertiary/aromatic N) is 4. The van der Waals surface area contributed by atoms with Crippen LogP contribution in [0, 0.1) is 0 Å². The number of hydrogen-bond acceptors (Lipinski definition) is 5. The molecule has 0 aromatic carbocycles. The van der Waals surface area contributed by atoms with Crippen LogP contribution in [0.4, 0.5) is 4.79 Å². The summed E-state index contributed by atoms with van der Waals surface area (Å²) in [4.78, 5) is 46.6. The molecule has 0 unspecified atom stereocenters.